The fourth-order valence-electron chi connectivity index (χ4n) is 3.10. The third-order valence-electron chi connectivity index (χ3n) is 5.30. The van der Waals surface area contributed by atoms with Gasteiger partial charge in [-0.15, -0.1) is 0 Å². The molecule has 0 radical (unpaired) electrons. The number of anilines is 1. The summed E-state index contributed by atoms with van der Waals surface area (Å²) >= 11 is 0. The highest BCUT2D eigenvalue weighted by molar-refractivity contribution is 5.95. The highest BCUT2D eigenvalue weighted by Gasteiger charge is 2.94. The van der Waals surface area contributed by atoms with Crippen LogP contribution in [0.2, 0.25) is 0 Å². The Labute approximate surface area is 194 Å². The van der Waals surface area contributed by atoms with Gasteiger partial charge in [-0.25, -0.2) is 9.59 Å². The monoisotopic (exact) mass is 573 g/mol. The number of nitrogens with zero attached hydrogens (tertiary/aromatic N) is 1. The lowest BCUT2D eigenvalue weighted by Gasteiger charge is -2.40. The van der Waals surface area contributed by atoms with E-state index in [4.69, 9.17) is 0 Å². The highest BCUT2D eigenvalue weighted by atomic mass is 19.4. The fraction of sp³-hybridized carbons (Fsp3) is 0.556. The molecule has 0 N–H and O–H groups in total. The number of likely N-dealkylation sites (N-methyl/N-ethyl adjacent to an activating group) is 1. The number of para-hydroxylation sites is 1. The molecule has 0 aromatic heterocycles. The van der Waals surface area contributed by atoms with Gasteiger partial charge in [0, 0.05) is 19.2 Å². The number of fused-ring (bicyclic) bond motifs is 1. The molecule has 1 unspecified atom stereocenters. The molecular weight excluding hydrogens is 563 g/mol. The van der Waals surface area contributed by atoms with Gasteiger partial charge >= 0.3 is 53.7 Å². The molecule has 1 heterocycles. The Morgan fingerprint density at radius 2 is 1.16 bits per heavy atom. The standard InChI is InChI=1S/C18H10F15NO3/c1-34-8-5-3-2-4-7(8)6-9(34)10(35)37-11(36)12(19,20)13(21,22)14(23,24)15(25,26)16(27,28)17(29,30)18(31,32)33/h2-5,9H,6H2,1H3. The Kier molecular flexibility index (Phi) is 7.03. The minimum Gasteiger partial charge on any atom is -0.387 e. The van der Waals surface area contributed by atoms with Crippen molar-refractivity contribution in [1.29, 1.82) is 0 Å². The van der Waals surface area contributed by atoms with Gasteiger partial charge in [0.25, 0.3) is 0 Å². The molecule has 1 aromatic carbocycles. The smallest absolute Gasteiger partial charge is 0.387 e. The van der Waals surface area contributed by atoms with Crippen molar-refractivity contribution in [1.82, 2.24) is 0 Å². The Hall–Kier alpha value is -2.89. The number of carbonyl (C=O) groups is 2. The number of carbonyl (C=O) groups excluding carboxylic acids is 2. The van der Waals surface area contributed by atoms with Gasteiger partial charge in [0.05, 0.1) is 0 Å². The van der Waals surface area contributed by atoms with Crippen molar-refractivity contribution >= 4 is 17.6 Å². The van der Waals surface area contributed by atoms with Crippen LogP contribution in [-0.4, -0.2) is 66.7 Å². The molecule has 19 heteroatoms. The van der Waals surface area contributed by atoms with Gasteiger partial charge in [-0.1, -0.05) is 18.2 Å². The Morgan fingerprint density at radius 1 is 0.730 bits per heavy atom. The summed E-state index contributed by atoms with van der Waals surface area (Å²) in [6.45, 7) is 0. The summed E-state index contributed by atoms with van der Waals surface area (Å²) < 4.78 is 201. The Bertz CT molecular complexity index is 1070. The highest BCUT2D eigenvalue weighted by Crippen LogP contribution is 2.62. The van der Waals surface area contributed by atoms with Gasteiger partial charge in [-0.2, -0.15) is 65.9 Å². The third-order valence-corrected chi connectivity index (χ3v) is 5.30. The summed E-state index contributed by atoms with van der Waals surface area (Å²) in [6.07, 6.45) is -8.18. The lowest BCUT2D eigenvalue weighted by atomic mass is 9.91. The van der Waals surface area contributed by atoms with E-state index in [9.17, 15) is 75.4 Å². The summed E-state index contributed by atoms with van der Waals surface area (Å²) in [7, 11) is 1.09. The van der Waals surface area contributed by atoms with E-state index in [1.165, 1.54) is 24.3 Å². The molecule has 1 aliphatic rings. The van der Waals surface area contributed by atoms with Crippen LogP contribution in [0.3, 0.4) is 0 Å². The van der Waals surface area contributed by atoms with Crippen molar-refractivity contribution in [2.45, 2.75) is 54.2 Å². The summed E-state index contributed by atoms with van der Waals surface area (Å²) in [5, 5.41) is 0. The number of esters is 2. The van der Waals surface area contributed by atoms with E-state index < -0.39 is 66.1 Å². The predicted octanol–water partition coefficient (Wildman–Crippen LogP) is 5.49. The maximum atomic E-state index is 13.9. The van der Waals surface area contributed by atoms with E-state index in [1.54, 1.807) is 0 Å². The second-order valence-corrected chi connectivity index (χ2v) is 7.61. The molecule has 0 saturated heterocycles. The molecule has 0 spiro atoms. The number of alkyl halides is 15. The average Bonchev–Trinajstić information content (AvgIpc) is 3.09. The molecule has 1 atom stereocenters. The first-order valence-electron chi connectivity index (χ1n) is 9.21. The number of hydrogen-bond donors (Lipinski definition) is 0. The normalized spacial score (nSPS) is 18.1. The fourth-order valence-corrected chi connectivity index (χ4v) is 3.10. The molecule has 0 amide bonds. The topological polar surface area (TPSA) is 46.6 Å². The second-order valence-electron chi connectivity index (χ2n) is 7.61. The molecule has 37 heavy (non-hydrogen) atoms. The molecule has 1 aliphatic heterocycles. The quantitative estimate of drug-likeness (QED) is 0.246. The van der Waals surface area contributed by atoms with E-state index in [2.05, 4.69) is 4.74 Å². The molecule has 0 fully saturated rings. The molecule has 210 valence electrons. The second kappa shape index (κ2) is 8.57. The third kappa shape index (κ3) is 4.13. The first kappa shape index (κ1) is 30.3. The first-order chi connectivity index (χ1) is 16.3. The lowest BCUT2D eigenvalue weighted by Crippen LogP contribution is -2.73. The Balaban J connectivity index is 2.38. The van der Waals surface area contributed by atoms with E-state index >= 15 is 0 Å². The molecule has 0 bridgehead atoms. The number of ether oxygens (including phenoxy) is 1. The Morgan fingerprint density at radius 3 is 1.62 bits per heavy atom. The molecule has 0 aliphatic carbocycles. The van der Waals surface area contributed by atoms with Gasteiger partial charge in [0.15, 0.2) is 0 Å². The summed E-state index contributed by atoms with van der Waals surface area (Å²) in [6, 6.07) is 3.78. The molecule has 1 aromatic rings. The maximum Gasteiger partial charge on any atom is 0.460 e. The largest absolute Gasteiger partial charge is 0.460 e. The van der Waals surface area contributed by atoms with Crippen LogP contribution in [0.1, 0.15) is 5.56 Å². The van der Waals surface area contributed by atoms with Crippen LogP contribution in [-0.2, 0) is 20.7 Å². The van der Waals surface area contributed by atoms with Crippen molar-refractivity contribution in [3.63, 3.8) is 0 Å². The number of halogens is 15. The van der Waals surface area contributed by atoms with Crippen LogP contribution in [0.15, 0.2) is 24.3 Å². The van der Waals surface area contributed by atoms with Crippen LogP contribution in [0.4, 0.5) is 71.5 Å². The van der Waals surface area contributed by atoms with Crippen LogP contribution >= 0.6 is 0 Å². The van der Waals surface area contributed by atoms with Crippen LogP contribution < -0.4 is 4.90 Å². The van der Waals surface area contributed by atoms with E-state index in [-0.39, 0.29) is 5.69 Å². The zero-order valence-corrected chi connectivity index (χ0v) is 17.4. The van der Waals surface area contributed by atoms with Crippen LogP contribution in [0.25, 0.3) is 0 Å². The van der Waals surface area contributed by atoms with Gasteiger partial charge < -0.3 is 9.64 Å². The molecule has 2 rings (SSSR count). The van der Waals surface area contributed by atoms with Crippen LogP contribution in [0, 0.1) is 0 Å². The SMILES string of the molecule is CN1c2ccccc2CC1C(=O)OC(=O)C(F)(F)C(F)(F)C(F)(F)C(F)(F)C(F)(F)C(F)(F)C(F)(F)F. The van der Waals surface area contributed by atoms with Crippen molar-refractivity contribution in [2.24, 2.45) is 0 Å². The van der Waals surface area contributed by atoms with Crippen molar-refractivity contribution < 1.29 is 80.2 Å². The zero-order valence-electron chi connectivity index (χ0n) is 17.4. The average molecular weight is 573 g/mol. The minimum absolute atomic E-state index is 0.216. The first-order valence-corrected chi connectivity index (χ1v) is 9.21. The van der Waals surface area contributed by atoms with E-state index in [0.717, 1.165) is 11.9 Å². The van der Waals surface area contributed by atoms with Gasteiger partial charge in [-0.05, 0) is 11.6 Å². The maximum absolute atomic E-state index is 13.9. The summed E-state index contributed by atoms with van der Waals surface area (Å²) in [5.74, 6) is -55.2. The van der Waals surface area contributed by atoms with Crippen molar-refractivity contribution in [2.75, 3.05) is 11.9 Å². The van der Waals surface area contributed by atoms with E-state index in [1.807, 2.05) is 0 Å². The van der Waals surface area contributed by atoms with Gasteiger partial charge in [0.1, 0.15) is 6.04 Å². The number of rotatable bonds is 7. The van der Waals surface area contributed by atoms with E-state index in [0.29, 0.717) is 5.56 Å². The van der Waals surface area contributed by atoms with Crippen molar-refractivity contribution in [3.05, 3.63) is 29.8 Å². The molecular formula is C18H10F15NO3. The van der Waals surface area contributed by atoms with Crippen LogP contribution in [0.5, 0.6) is 0 Å². The molecule has 4 nitrogen and oxygen atoms in total. The summed E-state index contributed by atoms with van der Waals surface area (Å²) in [5.41, 5.74) is 0.517. The number of hydrogen-bond acceptors (Lipinski definition) is 4. The van der Waals surface area contributed by atoms with Crippen molar-refractivity contribution in [3.8, 4) is 0 Å². The minimum atomic E-state index is -8.55. The predicted molar refractivity (Wildman–Crippen MR) is 89.2 cm³/mol. The van der Waals surface area contributed by atoms with Gasteiger partial charge in [-0.3, -0.25) is 0 Å². The van der Waals surface area contributed by atoms with Gasteiger partial charge in [0.2, 0.25) is 0 Å². The summed E-state index contributed by atoms with van der Waals surface area (Å²) in [4.78, 5) is 24.4. The number of benzene rings is 1. The lowest BCUT2D eigenvalue weighted by molar-refractivity contribution is -0.450. The zero-order chi connectivity index (χ0) is 29.2. The molecule has 0 saturated carbocycles.